The van der Waals surface area contributed by atoms with Crippen LogP contribution in [0, 0.1) is 5.92 Å². The van der Waals surface area contributed by atoms with Crippen LogP contribution in [-0.2, 0) is 4.74 Å². The molecule has 3 nitrogen and oxygen atoms in total. The summed E-state index contributed by atoms with van der Waals surface area (Å²) >= 11 is 0. The van der Waals surface area contributed by atoms with Crippen molar-refractivity contribution in [3.63, 3.8) is 0 Å². The first-order chi connectivity index (χ1) is 6.38. The zero-order valence-electron chi connectivity index (χ0n) is 8.46. The van der Waals surface area contributed by atoms with Crippen LogP contribution in [0.5, 0.6) is 0 Å². The quantitative estimate of drug-likeness (QED) is 0.683. The highest BCUT2D eigenvalue weighted by molar-refractivity contribution is 4.80. The Morgan fingerprint density at radius 1 is 1.46 bits per heavy atom. The second kappa shape index (κ2) is 4.40. The van der Waals surface area contributed by atoms with Crippen molar-refractivity contribution in [1.29, 1.82) is 0 Å². The lowest BCUT2D eigenvalue weighted by molar-refractivity contribution is -0.0361. The van der Waals surface area contributed by atoms with Crippen LogP contribution in [0.4, 0.5) is 0 Å². The van der Waals surface area contributed by atoms with Crippen LogP contribution in [0.25, 0.3) is 0 Å². The Kier molecular flexibility index (Phi) is 3.19. The normalized spacial score (nSPS) is 31.6. The average molecular weight is 184 g/mol. The molecule has 0 aromatic rings. The van der Waals surface area contributed by atoms with E-state index in [9.17, 15) is 0 Å². The van der Waals surface area contributed by atoms with Crippen LogP contribution in [0.2, 0.25) is 0 Å². The van der Waals surface area contributed by atoms with Crippen molar-refractivity contribution >= 4 is 0 Å². The van der Waals surface area contributed by atoms with E-state index in [0.717, 1.165) is 32.0 Å². The summed E-state index contributed by atoms with van der Waals surface area (Å²) in [5.41, 5.74) is 0. The van der Waals surface area contributed by atoms with Crippen LogP contribution in [0.1, 0.15) is 13.3 Å². The van der Waals surface area contributed by atoms with Crippen LogP contribution in [0.3, 0.4) is 0 Å². The molecule has 0 aromatic heterocycles. The molecule has 0 radical (unpaired) electrons. The molecular weight excluding hydrogens is 164 g/mol. The Morgan fingerprint density at radius 3 is 2.92 bits per heavy atom. The third-order valence-corrected chi connectivity index (χ3v) is 3.06. The number of morpholine rings is 1. The fraction of sp³-hybridized carbons (Fsp3) is 1.00. The summed E-state index contributed by atoms with van der Waals surface area (Å²) in [7, 11) is 0. The van der Waals surface area contributed by atoms with Crippen molar-refractivity contribution in [1.82, 2.24) is 10.2 Å². The first-order valence-electron chi connectivity index (χ1n) is 5.43. The maximum absolute atomic E-state index is 5.63. The third-order valence-electron chi connectivity index (χ3n) is 3.06. The molecule has 1 atom stereocenters. The predicted molar refractivity (Wildman–Crippen MR) is 52.8 cm³/mol. The number of ether oxygens (including phenoxy) is 1. The maximum Gasteiger partial charge on any atom is 0.0700 e. The second-order valence-corrected chi connectivity index (χ2v) is 4.18. The smallest absolute Gasteiger partial charge is 0.0700 e. The molecule has 2 aliphatic rings. The van der Waals surface area contributed by atoms with E-state index in [1.165, 1.54) is 19.6 Å². The molecule has 2 aliphatic heterocycles. The lowest BCUT2D eigenvalue weighted by atomic mass is 10.0. The molecule has 1 unspecified atom stereocenters. The minimum absolute atomic E-state index is 0.488. The molecule has 0 aliphatic carbocycles. The van der Waals surface area contributed by atoms with Gasteiger partial charge in [0.15, 0.2) is 0 Å². The van der Waals surface area contributed by atoms with Gasteiger partial charge in [-0.15, -0.1) is 0 Å². The summed E-state index contributed by atoms with van der Waals surface area (Å²) < 4.78 is 5.63. The van der Waals surface area contributed by atoms with E-state index in [1.807, 2.05) is 0 Å². The fourth-order valence-corrected chi connectivity index (χ4v) is 2.04. The van der Waals surface area contributed by atoms with Gasteiger partial charge in [-0.2, -0.15) is 0 Å². The summed E-state index contributed by atoms with van der Waals surface area (Å²) in [6.45, 7) is 9.12. The van der Waals surface area contributed by atoms with Gasteiger partial charge in [0.1, 0.15) is 0 Å². The van der Waals surface area contributed by atoms with Gasteiger partial charge in [-0.05, 0) is 12.3 Å². The van der Waals surface area contributed by atoms with Crippen molar-refractivity contribution in [3.8, 4) is 0 Å². The van der Waals surface area contributed by atoms with Crippen LogP contribution in [-0.4, -0.2) is 50.3 Å². The monoisotopic (exact) mass is 184 g/mol. The highest BCUT2D eigenvalue weighted by Crippen LogP contribution is 2.12. The minimum atomic E-state index is 0.488. The number of hydrogen-bond donors (Lipinski definition) is 1. The number of nitrogens with zero attached hydrogens (tertiary/aromatic N) is 1. The summed E-state index contributed by atoms with van der Waals surface area (Å²) in [6.07, 6.45) is 1.64. The van der Waals surface area contributed by atoms with Gasteiger partial charge in [-0.3, -0.25) is 4.90 Å². The molecule has 2 saturated heterocycles. The Labute approximate surface area is 80.4 Å². The van der Waals surface area contributed by atoms with E-state index in [0.29, 0.717) is 6.10 Å². The maximum atomic E-state index is 5.63. The highest BCUT2D eigenvalue weighted by atomic mass is 16.5. The Balaban J connectivity index is 1.71. The van der Waals surface area contributed by atoms with E-state index in [4.69, 9.17) is 4.74 Å². The molecule has 0 spiro atoms. The molecule has 3 heteroatoms. The number of nitrogens with one attached hydrogen (secondary N) is 1. The standard InChI is InChI=1S/C10H20N2O/c1-2-10-8-12(3-4-13-10)7-9-5-11-6-9/h9-11H,2-8H2,1H3. The van der Waals surface area contributed by atoms with E-state index >= 15 is 0 Å². The van der Waals surface area contributed by atoms with Gasteiger partial charge < -0.3 is 10.1 Å². The fourth-order valence-electron chi connectivity index (χ4n) is 2.04. The van der Waals surface area contributed by atoms with Gasteiger partial charge in [0, 0.05) is 32.7 Å². The first-order valence-corrected chi connectivity index (χ1v) is 5.43. The lowest BCUT2D eigenvalue weighted by Crippen LogP contribution is -2.51. The Hall–Kier alpha value is -0.120. The largest absolute Gasteiger partial charge is 0.376 e. The molecule has 2 fully saturated rings. The molecule has 1 N–H and O–H groups in total. The van der Waals surface area contributed by atoms with Crippen LogP contribution in [0.15, 0.2) is 0 Å². The van der Waals surface area contributed by atoms with Crippen molar-refractivity contribution in [2.24, 2.45) is 5.92 Å². The molecule has 0 saturated carbocycles. The Bertz CT molecular complexity index is 157. The van der Waals surface area contributed by atoms with Gasteiger partial charge in [0.05, 0.1) is 12.7 Å². The zero-order chi connectivity index (χ0) is 9.10. The summed E-state index contributed by atoms with van der Waals surface area (Å²) in [5.74, 6) is 0.899. The summed E-state index contributed by atoms with van der Waals surface area (Å²) in [5, 5.41) is 3.32. The molecule has 0 bridgehead atoms. The predicted octanol–water partition coefficient (Wildman–Crippen LogP) is 0.317. The molecule has 2 heterocycles. The van der Waals surface area contributed by atoms with E-state index < -0.39 is 0 Å². The molecular formula is C10H20N2O. The van der Waals surface area contributed by atoms with Gasteiger partial charge in [-0.25, -0.2) is 0 Å². The molecule has 0 amide bonds. The number of rotatable bonds is 3. The average Bonchev–Trinajstić information content (AvgIpc) is 2.12. The van der Waals surface area contributed by atoms with E-state index in [2.05, 4.69) is 17.1 Å². The van der Waals surface area contributed by atoms with Crippen molar-refractivity contribution in [2.45, 2.75) is 19.4 Å². The molecule has 13 heavy (non-hydrogen) atoms. The van der Waals surface area contributed by atoms with Crippen LogP contribution >= 0.6 is 0 Å². The number of hydrogen-bond acceptors (Lipinski definition) is 3. The second-order valence-electron chi connectivity index (χ2n) is 4.18. The van der Waals surface area contributed by atoms with Gasteiger partial charge in [0.2, 0.25) is 0 Å². The van der Waals surface area contributed by atoms with Crippen LogP contribution < -0.4 is 5.32 Å². The molecule has 2 rings (SSSR count). The first kappa shape index (κ1) is 9.44. The minimum Gasteiger partial charge on any atom is -0.376 e. The zero-order valence-corrected chi connectivity index (χ0v) is 8.46. The van der Waals surface area contributed by atoms with Crippen molar-refractivity contribution in [2.75, 3.05) is 39.3 Å². The Morgan fingerprint density at radius 2 is 2.31 bits per heavy atom. The molecule has 0 aromatic carbocycles. The third kappa shape index (κ3) is 2.42. The van der Waals surface area contributed by atoms with Gasteiger partial charge in [0.25, 0.3) is 0 Å². The van der Waals surface area contributed by atoms with E-state index in [1.54, 1.807) is 0 Å². The van der Waals surface area contributed by atoms with Gasteiger partial charge >= 0.3 is 0 Å². The highest BCUT2D eigenvalue weighted by Gasteiger charge is 2.24. The van der Waals surface area contributed by atoms with E-state index in [-0.39, 0.29) is 0 Å². The lowest BCUT2D eigenvalue weighted by Gasteiger charge is -2.37. The van der Waals surface area contributed by atoms with Gasteiger partial charge in [-0.1, -0.05) is 6.92 Å². The SMILES string of the molecule is CCC1CN(CC2CNC2)CCO1. The topological polar surface area (TPSA) is 24.5 Å². The summed E-state index contributed by atoms with van der Waals surface area (Å²) in [6, 6.07) is 0. The summed E-state index contributed by atoms with van der Waals surface area (Å²) in [4.78, 5) is 2.56. The molecule has 76 valence electrons. The van der Waals surface area contributed by atoms with Crippen molar-refractivity contribution < 1.29 is 4.74 Å². The van der Waals surface area contributed by atoms with Crippen molar-refractivity contribution in [3.05, 3.63) is 0 Å².